The van der Waals surface area contributed by atoms with Gasteiger partial charge in [0, 0.05) is 18.3 Å². The van der Waals surface area contributed by atoms with E-state index in [1.54, 1.807) is 19.2 Å². The Morgan fingerprint density at radius 2 is 2.33 bits per heavy atom. The van der Waals surface area contributed by atoms with Gasteiger partial charge in [-0.1, -0.05) is 25.8 Å². The normalized spacial score (nSPS) is 25.2. The number of amides is 2. The monoisotopic (exact) mass is 292 g/mol. The van der Waals surface area contributed by atoms with E-state index in [2.05, 4.69) is 17.6 Å². The van der Waals surface area contributed by atoms with Crippen LogP contribution in [0.15, 0.2) is 24.3 Å². The molecule has 1 aromatic rings. The molecule has 0 saturated heterocycles. The predicted octanol–water partition coefficient (Wildman–Crippen LogP) is 2.76. The van der Waals surface area contributed by atoms with Crippen molar-refractivity contribution >= 4 is 11.7 Å². The number of aliphatic hydroxyl groups is 1. The van der Waals surface area contributed by atoms with Crippen LogP contribution in [-0.4, -0.2) is 30.4 Å². The standard InChI is InChI=1S/C16H24N2O3/c1-12-5-4-8-16(20,10-12)11-17-15(19)18-13-6-3-7-14(9-13)21-2/h3,6-7,9,12,20H,4-5,8,10-11H2,1-2H3,(H2,17,18,19). The van der Waals surface area contributed by atoms with Gasteiger partial charge in [-0.2, -0.15) is 0 Å². The van der Waals surface area contributed by atoms with Crippen LogP contribution in [0.1, 0.15) is 32.6 Å². The average molecular weight is 292 g/mol. The Hall–Kier alpha value is -1.75. The Kier molecular flexibility index (Phi) is 5.07. The lowest BCUT2D eigenvalue weighted by atomic mass is 9.79. The van der Waals surface area contributed by atoms with Crippen molar-refractivity contribution in [2.75, 3.05) is 19.0 Å². The summed E-state index contributed by atoms with van der Waals surface area (Å²) in [7, 11) is 1.58. The molecule has 0 radical (unpaired) electrons. The second-order valence-corrected chi connectivity index (χ2v) is 5.97. The maximum absolute atomic E-state index is 11.9. The Labute approximate surface area is 125 Å². The van der Waals surface area contributed by atoms with Gasteiger partial charge in [0.15, 0.2) is 0 Å². The molecule has 0 heterocycles. The number of hydrogen-bond acceptors (Lipinski definition) is 3. The molecule has 0 aromatic heterocycles. The summed E-state index contributed by atoms with van der Waals surface area (Å²) in [5, 5.41) is 16.0. The Morgan fingerprint density at radius 3 is 3.05 bits per heavy atom. The molecule has 2 amide bonds. The zero-order valence-electron chi connectivity index (χ0n) is 12.7. The highest BCUT2D eigenvalue weighted by Crippen LogP contribution is 2.31. The molecular formula is C16H24N2O3. The fourth-order valence-electron chi connectivity index (χ4n) is 2.91. The van der Waals surface area contributed by atoms with Crippen molar-refractivity contribution in [2.24, 2.45) is 5.92 Å². The molecule has 116 valence electrons. The van der Waals surface area contributed by atoms with Gasteiger partial charge in [-0.15, -0.1) is 0 Å². The molecule has 5 nitrogen and oxygen atoms in total. The Morgan fingerprint density at radius 1 is 1.52 bits per heavy atom. The number of hydrogen-bond donors (Lipinski definition) is 3. The first-order chi connectivity index (χ1) is 10.0. The molecule has 1 saturated carbocycles. The quantitative estimate of drug-likeness (QED) is 0.799. The van der Waals surface area contributed by atoms with E-state index in [1.165, 1.54) is 0 Å². The first-order valence-corrected chi connectivity index (χ1v) is 7.42. The highest BCUT2D eigenvalue weighted by atomic mass is 16.5. The number of methoxy groups -OCH3 is 1. The van der Waals surface area contributed by atoms with Crippen LogP contribution < -0.4 is 15.4 Å². The minimum Gasteiger partial charge on any atom is -0.497 e. The molecule has 2 atom stereocenters. The minimum absolute atomic E-state index is 0.285. The first-order valence-electron chi connectivity index (χ1n) is 7.42. The van der Waals surface area contributed by atoms with E-state index in [-0.39, 0.29) is 12.6 Å². The summed E-state index contributed by atoms with van der Waals surface area (Å²) in [6, 6.07) is 6.85. The van der Waals surface area contributed by atoms with E-state index in [0.717, 1.165) is 25.7 Å². The maximum Gasteiger partial charge on any atom is 0.319 e. The van der Waals surface area contributed by atoms with Gasteiger partial charge in [-0.25, -0.2) is 4.79 Å². The number of nitrogens with one attached hydrogen (secondary N) is 2. The summed E-state index contributed by atoms with van der Waals surface area (Å²) in [5.41, 5.74) is -0.112. The second-order valence-electron chi connectivity index (χ2n) is 5.97. The van der Waals surface area contributed by atoms with Crippen molar-refractivity contribution in [3.63, 3.8) is 0 Å². The summed E-state index contributed by atoms with van der Waals surface area (Å²) in [5.74, 6) is 1.19. The summed E-state index contributed by atoms with van der Waals surface area (Å²) < 4.78 is 5.11. The number of carbonyl (C=O) groups excluding carboxylic acids is 1. The highest BCUT2D eigenvalue weighted by Gasteiger charge is 2.32. The topological polar surface area (TPSA) is 70.6 Å². The van der Waals surface area contributed by atoms with Gasteiger partial charge in [0.25, 0.3) is 0 Å². The molecule has 21 heavy (non-hydrogen) atoms. The van der Waals surface area contributed by atoms with Crippen LogP contribution in [0.3, 0.4) is 0 Å². The van der Waals surface area contributed by atoms with Gasteiger partial charge in [-0.3, -0.25) is 0 Å². The third kappa shape index (κ3) is 4.63. The summed E-state index contributed by atoms with van der Waals surface area (Å²) in [6.07, 6.45) is 3.65. The molecule has 2 unspecified atom stereocenters. The molecule has 1 fully saturated rings. The van der Waals surface area contributed by atoms with Crippen molar-refractivity contribution in [2.45, 2.75) is 38.2 Å². The molecule has 1 aliphatic rings. The van der Waals surface area contributed by atoms with Crippen molar-refractivity contribution in [1.82, 2.24) is 5.32 Å². The maximum atomic E-state index is 11.9. The zero-order valence-corrected chi connectivity index (χ0v) is 12.7. The molecule has 5 heteroatoms. The Balaban J connectivity index is 1.84. The van der Waals surface area contributed by atoms with Gasteiger partial charge >= 0.3 is 6.03 Å². The van der Waals surface area contributed by atoms with Crippen LogP contribution in [0.4, 0.5) is 10.5 Å². The molecule has 0 aliphatic heterocycles. The van der Waals surface area contributed by atoms with Crippen LogP contribution in [0.2, 0.25) is 0 Å². The van der Waals surface area contributed by atoms with Crippen molar-refractivity contribution < 1.29 is 14.6 Å². The van der Waals surface area contributed by atoms with Gasteiger partial charge in [0.1, 0.15) is 5.75 Å². The number of carbonyl (C=O) groups is 1. The number of rotatable bonds is 4. The fraction of sp³-hybridized carbons (Fsp3) is 0.562. The molecular weight excluding hydrogens is 268 g/mol. The van der Waals surface area contributed by atoms with Crippen LogP contribution in [-0.2, 0) is 0 Å². The minimum atomic E-state index is -0.774. The lowest BCUT2D eigenvalue weighted by Crippen LogP contribution is -2.46. The van der Waals surface area contributed by atoms with Crippen LogP contribution in [0.5, 0.6) is 5.75 Å². The number of ether oxygens (including phenoxy) is 1. The summed E-state index contributed by atoms with van der Waals surface area (Å²) >= 11 is 0. The van der Waals surface area contributed by atoms with Crippen molar-refractivity contribution in [3.8, 4) is 5.75 Å². The SMILES string of the molecule is COc1cccc(NC(=O)NCC2(O)CCCC(C)C2)c1. The smallest absolute Gasteiger partial charge is 0.319 e. The van der Waals surface area contributed by atoms with Gasteiger partial charge in [0.2, 0.25) is 0 Å². The largest absolute Gasteiger partial charge is 0.497 e. The van der Waals surface area contributed by atoms with Gasteiger partial charge < -0.3 is 20.5 Å². The molecule has 1 aromatic carbocycles. The van der Waals surface area contributed by atoms with Crippen LogP contribution >= 0.6 is 0 Å². The van der Waals surface area contributed by atoms with Crippen LogP contribution in [0.25, 0.3) is 0 Å². The number of urea groups is 1. The third-order valence-electron chi connectivity index (χ3n) is 3.97. The van der Waals surface area contributed by atoms with Crippen molar-refractivity contribution in [3.05, 3.63) is 24.3 Å². The second kappa shape index (κ2) is 6.80. The van der Waals surface area contributed by atoms with E-state index in [1.807, 2.05) is 12.1 Å². The highest BCUT2D eigenvalue weighted by molar-refractivity contribution is 5.89. The van der Waals surface area contributed by atoms with E-state index in [4.69, 9.17) is 4.74 Å². The molecule has 1 aliphatic carbocycles. The Bertz CT molecular complexity index is 492. The number of benzene rings is 1. The molecule has 0 bridgehead atoms. The summed E-state index contributed by atoms with van der Waals surface area (Å²) in [4.78, 5) is 11.9. The van der Waals surface area contributed by atoms with Gasteiger partial charge in [0.05, 0.1) is 12.7 Å². The molecule has 3 N–H and O–H groups in total. The zero-order chi connectivity index (χ0) is 15.3. The lowest BCUT2D eigenvalue weighted by molar-refractivity contribution is -0.00920. The average Bonchev–Trinajstić information content (AvgIpc) is 2.45. The van der Waals surface area contributed by atoms with E-state index < -0.39 is 5.60 Å². The molecule has 2 rings (SSSR count). The first kappa shape index (κ1) is 15.6. The fourth-order valence-corrected chi connectivity index (χ4v) is 2.91. The van der Waals surface area contributed by atoms with E-state index in [0.29, 0.717) is 17.4 Å². The molecule has 0 spiro atoms. The lowest BCUT2D eigenvalue weighted by Gasteiger charge is -2.35. The number of anilines is 1. The van der Waals surface area contributed by atoms with Crippen molar-refractivity contribution in [1.29, 1.82) is 0 Å². The van der Waals surface area contributed by atoms with Gasteiger partial charge in [-0.05, 0) is 30.9 Å². The van der Waals surface area contributed by atoms with E-state index in [9.17, 15) is 9.90 Å². The van der Waals surface area contributed by atoms with Crippen LogP contribution in [0, 0.1) is 5.92 Å². The van der Waals surface area contributed by atoms with E-state index >= 15 is 0 Å². The predicted molar refractivity (Wildman–Crippen MR) is 82.6 cm³/mol. The summed E-state index contributed by atoms with van der Waals surface area (Å²) in [6.45, 7) is 2.42. The third-order valence-corrected chi connectivity index (χ3v) is 3.97.